The Morgan fingerprint density at radius 3 is 2.07 bits per heavy atom. The summed E-state index contributed by atoms with van der Waals surface area (Å²) in [5, 5.41) is 0. The Bertz CT molecular complexity index is 312. The maximum Gasteiger partial charge on any atom is 0.122 e. The molecule has 0 aromatic heterocycles. The second-order valence-corrected chi connectivity index (χ2v) is 3.85. The molecule has 0 radical (unpaired) electrons. The van der Waals surface area contributed by atoms with Crippen LogP contribution >= 0.6 is 0 Å². The van der Waals surface area contributed by atoms with Gasteiger partial charge in [-0.05, 0) is 37.2 Å². The first kappa shape index (κ1) is 10.3. The van der Waals surface area contributed by atoms with Gasteiger partial charge in [-0.2, -0.15) is 0 Å². The lowest BCUT2D eigenvalue weighted by Crippen LogP contribution is -2.36. The molecular formula is C12H17NO2. The highest BCUT2D eigenvalue weighted by Gasteiger charge is 2.14. The Morgan fingerprint density at radius 1 is 1.07 bits per heavy atom. The summed E-state index contributed by atoms with van der Waals surface area (Å²) in [5.74, 6) is 1.73. The van der Waals surface area contributed by atoms with Crippen molar-refractivity contribution in [3.05, 3.63) is 23.8 Å². The summed E-state index contributed by atoms with van der Waals surface area (Å²) >= 11 is 0. The van der Waals surface area contributed by atoms with Crippen molar-refractivity contribution >= 4 is 0 Å². The van der Waals surface area contributed by atoms with E-state index >= 15 is 0 Å². The minimum absolute atomic E-state index is 0.866. The van der Waals surface area contributed by atoms with Gasteiger partial charge in [-0.25, -0.2) is 0 Å². The lowest BCUT2D eigenvalue weighted by molar-refractivity contribution is 0.172. The van der Waals surface area contributed by atoms with Gasteiger partial charge >= 0.3 is 0 Å². The number of nitrogens with zero attached hydrogens (tertiary/aromatic N) is 1. The summed E-state index contributed by atoms with van der Waals surface area (Å²) in [6.07, 6.45) is 1.32. The van der Waals surface area contributed by atoms with E-state index in [2.05, 4.69) is 17.0 Å². The second-order valence-electron chi connectivity index (χ2n) is 3.85. The van der Waals surface area contributed by atoms with Gasteiger partial charge in [-0.3, -0.25) is 4.90 Å². The van der Waals surface area contributed by atoms with Gasteiger partial charge in [0.15, 0.2) is 0 Å². The van der Waals surface area contributed by atoms with E-state index in [-0.39, 0.29) is 0 Å². The lowest BCUT2D eigenvalue weighted by atomic mass is 10.1. The number of hydrogen-bond donors (Lipinski definition) is 0. The molecule has 0 saturated carbocycles. The average Bonchev–Trinajstić information content (AvgIpc) is 2.23. The third kappa shape index (κ3) is 2.42. The number of benzene rings is 1. The van der Waals surface area contributed by atoms with Crippen LogP contribution in [0.2, 0.25) is 0 Å². The van der Waals surface area contributed by atoms with E-state index in [1.165, 1.54) is 25.1 Å². The molecule has 1 aromatic carbocycles. The highest BCUT2D eigenvalue weighted by Crippen LogP contribution is 2.24. The van der Waals surface area contributed by atoms with E-state index in [9.17, 15) is 0 Å². The molecule has 0 amide bonds. The fourth-order valence-corrected chi connectivity index (χ4v) is 1.76. The van der Waals surface area contributed by atoms with E-state index in [4.69, 9.17) is 9.47 Å². The molecule has 3 nitrogen and oxygen atoms in total. The maximum absolute atomic E-state index is 5.23. The Kier molecular flexibility index (Phi) is 3.11. The van der Waals surface area contributed by atoms with Crippen molar-refractivity contribution in [2.45, 2.75) is 13.0 Å². The zero-order valence-corrected chi connectivity index (χ0v) is 9.32. The largest absolute Gasteiger partial charge is 0.497 e. The van der Waals surface area contributed by atoms with Crippen molar-refractivity contribution in [2.24, 2.45) is 0 Å². The number of rotatable bonds is 4. The Balaban J connectivity index is 2.13. The molecule has 1 saturated heterocycles. The molecule has 2 rings (SSSR count). The first-order valence-electron chi connectivity index (χ1n) is 5.26. The van der Waals surface area contributed by atoms with Crippen molar-refractivity contribution in [3.63, 3.8) is 0 Å². The zero-order chi connectivity index (χ0) is 10.7. The van der Waals surface area contributed by atoms with Crippen LogP contribution in [0, 0.1) is 0 Å². The third-order valence-electron chi connectivity index (χ3n) is 2.77. The van der Waals surface area contributed by atoms with Crippen molar-refractivity contribution in [1.82, 2.24) is 4.90 Å². The molecule has 0 N–H and O–H groups in total. The van der Waals surface area contributed by atoms with Crippen molar-refractivity contribution in [3.8, 4) is 11.5 Å². The standard InChI is InChI=1S/C12H17NO2/c1-14-11-6-10(7-12(8-11)15-2)9-13-4-3-5-13/h6-8H,3-5,9H2,1-2H3. The topological polar surface area (TPSA) is 21.7 Å². The van der Waals surface area contributed by atoms with Crippen LogP contribution in [0.1, 0.15) is 12.0 Å². The van der Waals surface area contributed by atoms with Crippen LogP contribution in [0.5, 0.6) is 11.5 Å². The zero-order valence-electron chi connectivity index (χ0n) is 9.32. The van der Waals surface area contributed by atoms with Crippen LogP contribution in [0.15, 0.2) is 18.2 Å². The van der Waals surface area contributed by atoms with E-state index in [1.807, 2.05) is 6.07 Å². The summed E-state index contributed by atoms with van der Waals surface area (Å²) in [6.45, 7) is 3.41. The number of hydrogen-bond acceptors (Lipinski definition) is 3. The van der Waals surface area contributed by atoms with Gasteiger partial charge in [0.2, 0.25) is 0 Å². The fourth-order valence-electron chi connectivity index (χ4n) is 1.76. The van der Waals surface area contributed by atoms with E-state index in [0.717, 1.165) is 18.0 Å². The highest BCUT2D eigenvalue weighted by molar-refractivity contribution is 5.38. The van der Waals surface area contributed by atoms with Crippen molar-refractivity contribution in [1.29, 1.82) is 0 Å². The monoisotopic (exact) mass is 207 g/mol. The molecule has 0 bridgehead atoms. The van der Waals surface area contributed by atoms with E-state index < -0.39 is 0 Å². The lowest BCUT2D eigenvalue weighted by Gasteiger charge is -2.30. The molecule has 15 heavy (non-hydrogen) atoms. The Morgan fingerprint density at radius 2 is 1.67 bits per heavy atom. The molecule has 82 valence electrons. The van der Waals surface area contributed by atoms with Gasteiger partial charge in [0, 0.05) is 12.6 Å². The van der Waals surface area contributed by atoms with Crippen LogP contribution in [0.3, 0.4) is 0 Å². The summed E-state index contributed by atoms with van der Waals surface area (Å²) in [7, 11) is 3.37. The summed E-state index contributed by atoms with van der Waals surface area (Å²) < 4.78 is 10.5. The minimum Gasteiger partial charge on any atom is -0.497 e. The van der Waals surface area contributed by atoms with Gasteiger partial charge in [0.25, 0.3) is 0 Å². The number of methoxy groups -OCH3 is 2. The minimum atomic E-state index is 0.866. The predicted octanol–water partition coefficient (Wildman–Crippen LogP) is 1.91. The predicted molar refractivity (Wildman–Crippen MR) is 59.4 cm³/mol. The fraction of sp³-hybridized carbons (Fsp3) is 0.500. The highest BCUT2D eigenvalue weighted by atomic mass is 16.5. The van der Waals surface area contributed by atoms with Crippen molar-refractivity contribution < 1.29 is 9.47 Å². The summed E-state index contributed by atoms with van der Waals surface area (Å²) in [5.41, 5.74) is 1.26. The smallest absolute Gasteiger partial charge is 0.122 e. The molecule has 3 heteroatoms. The van der Waals surface area contributed by atoms with Gasteiger partial charge in [0.05, 0.1) is 14.2 Å². The quantitative estimate of drug-likeness (QED) is 0.752. The van der Waals surface area contributed by atoms with Gasteiger partial charge in [-0.1, -0.05) is 0 Å². The SMILES string of the molecule is COc1cc(CN2CCC2)cc(OC)c1. The van der Waals surface area contributed by atoms with Crippen LogP contribution < -0.4 is 9.47 Å². The molecular weight excluding hydrogens is 190 g/mol. The molecule has 1 aliphatic rings. The van der Waals surface area contributed by atoms with Crippen LogP contribution in [-0.2, 0) is 6.54 Å². The van der Waals surface area contributed by atoms with Crippen LogP contribution in [-0.4, -0.2) is 32.2 Å². The maximum atomic E-state index is 5.23. The third-order valence-corrected chi connectivity index (χ3v) is 2.77. The molecule has 0 unspecified atom stereocenters. The normalized spacial score (nSPS) is 15.9. The average molecular weight is 207 g/mol. The molecule has 0 aliphatic carbocycles. The molecule has 1 aromatic rings. The van der Waals surface area contributed by atoms with E-state index in [1.54, 1.807) is 14.2 Å². The number of ether oxygens (including phenoxy) is 2. The van der Waals surface area contributed by atoms with Gasteiger partial charge in [0.1, 0.15) is 11.5 Å². The first-order chi connectivity index (χ1) is 7.31. The summed E-state index contributed by atoms with van der Waals surface area (Å²) in [6, 6.07) is 6.04. The number of likely N-dealkylation sites (tertiary alicyclic amines) is 1. The molecule has 1 heterocycles. The first-order valence-corrected chi connectivity index (χ1v) is 5.26. The molecule has 1 aliphatic heterocycles. The second kappa shape index (κ2) is 4.53. The van der Waals surface area contributed by atoms with Crippen molar-refractivity contribution in [2.75, 3.05) is 27.3 Å². The Labute approximate surface area is 90.6 Å². The van der Waals surface area contributed by atoms with Gasteiger partial charge in [-0.15, -0.1) is 0 Å². The molecule has 1 fully saturated rings. The summed E-state index contributed by atoms with van der Waals surface area (Å²) in [4.78, 5) is 2.41. The van der Waals surface area contributed by atoms with Crippen LogP contribution in [0.4, 0.5) is 0 Å². The molecule has 0 atom stereocenters. The van der Waals surface area contributed by atoms with E-state index in [0.29, 0.717) is 0 Å². The van der Waals surface area contributed by atoms with Gasteiger partial charge < -0.3 is 9.47 Å². The Hall–Kier alpha value is -1.22. The van der Waals surface area contributed by atoms with Crippen LogP contribution in [0.25, 0.3) is 0 Å². The molecule has 0 spiro atoms.